The number of benzene rings is 1. The van der Waals surface area contributed by atoms with Crippen LogP contribution in [0.25, 0.3) is 0 Å². The zero-order valence-electron chi connectivity index (χ0n) is 14.4. The van der Waals surface area contributed by atoms with E-state index in [0.717, 1.165) is 19.3 Å². The van der Waals surface area contributed by atoms with Gasteiger partial charge in [0.2, 0.25) is 0 Å². The zero-order valence-corrected chi connectivity index (χ0v) is 14.4. The first-order valence-corrected chi connectivity index (χ1v) is 8.04. The maximum absolute atomic E-state index is 12.6. The number of nitriles is 1. The van der Waals surface area contributed by atoms with E-state index in [0.29, 0.717) is 30.0 Å². The Kier molecular flexibility index (Phi) is 7.56. The number of amides is 1. The van der Waals surface area contributed by atoms with Gasteiger partial charge in [0.25, 0.3) is 5.91 Å². The Morgan fingerprint density at radius 1 is 1.35 bits per heavy atom. The van der Waals surface area contributed by atoms with Gasteiger partial charge < -0.3 is 14.8 Å². The van der Waals surface area contributed by atoms with E-state index in [1.54, 1.807) is 18.2 Å². The van der Waals surface area contributed by atoms with E-state index in [1.165, 1.54) is 7.11 Å². The molecule has 0 fully saturated rings. The second-order valence-corrected chi connectivity index (χ2v) is 5.60. The van der Waals surface area contributed by atoms with Crippen LogP contribution in [-0.2, 0) is 9.53 Å². The van der Waals surface area contributed by atoms with E-state index in [2.05, 4.69) is 18.3 Å². The standard InChI is InChI=1S/C18H26N2O3/c1-5-7-8-11-18(3,23-6-2)17(21)20-15-9-10-16(22-4)14(12-15)13-19/h9-10,12H,5-8,11H2,1-4H3,(H,20,21). The number of rotatable bonds is 9. The Labute approximate surface area is 138 Å². The number of anilines is 1. The molecular formula is C18H26N2O3. The summed E-state index contributed by atoms with van der Waals surface area (Å²) in [4.78, 5) is 12.6. The van der Waals surface area contributed by atoms with Gasteiger partial charge in [-0.25, -0.2) is 0 Å². The molecule has 0 aromatic heterocycles. The molecule has 23 heavy (non-hydrogen) atoms. The summed E-state index contributed by atoms with van der Waals surface area (Å²) in [5.74, 6) is 0.297. The Balaban J connectivity index is 2.88. The maximum atomic E-state index is 12.6. The van der Waals surface area contributed by atoms with Crippen molar-refractivity contribution in [1.82, 2.24) is 0 Å². The zero-order chi connectivity index (χ0) is 17.3. The Morgan fingerprint density at radius 3 is 2.65 bits per heavy atom. The van der Waals surface area contributed by atoms with Crippen molar-refractivity contribution in [2.45, 2.75) is 52.1 Å². The minimum atomic E-state index is -0.864. The van der Waals surface area contributed by atoms with Crippen molar-refractivity contribution >= 4 is 11.6 Å². The average molecular weight is 318 g/mol. The quantitative estimate of drug-likeness (QED) is 0.701. The highest BCUT2D eigenvalue weighted by molar-refractivity contribution is 5.97. The summed E-state index contributed by atoms with van der Waals surface area (Å²) in [6.07, 6.45) is 3.76. The van der Waals surface area contributed by atoms with Crippen LogP contribution in [0.5, 0.6) is 5.75 Å². The van der Waals surface area contributed by atoms with Gasteiger partial charge in [0, 0.05) is 12.3 Å². The highest BCUT2D eigenvalue weighted by Crippen LogP contribution is 2.25. The SMILES string of the molecule is CCCCCC(C)(OCC)C(=O)Nc1ccc(OC)c(C#N)c1. The van der Waals surface area contributed by atoms with Crippen LogP contribution in [0.1, 0.15) is 52.0 Å². The van der Waals surface area contributed by atoms with Crippen LogP contribution >= 0.6 is 0 Å². The molecular weight excluding hydrogens is 292 g/mol. The van der Waals surface area contributed by atoms with Gasteiger partial charge in [0.15, 0.2) is 0 Å². The third-order valence-corrected chi connectivity index (χ3v) is 3.78. The summed E-state index contributed by atoms with van der Waals surface area (Å²) < 4.78 is 10.8. The molecule has 1 aromatic carbocycles. The lowest BCUT2D eigenvalue weighted by molar-refractivity contribution is -0.139. The molecule has 0 saturated carbocycles. The topological polar surface area (TPSA) is 71.3 Å². The van der Waals surface area contributed by atoms with Crippen molar-refractivity contribution in [2.24, 2.45) is 0 Å². The van der Waals surface area contributed by atoms with E-state index in [1.807, 2.05) is 13.8 Å². The number of unbranched alkanes of at least 4 members (excludes halogenated alkanes) is 2. The second kappa shape index (κ2) is 9.16. The molecule has 1 amide bonds. The number of carbonyl (C=O) groups excluding carboxylic acids is 1. The minimum absolute atomic E-state index is 0.190. The predicted octanol–water partition coefficient (Wildman–Crippen LogP) is 3.88. The fraction of sp³-hybridized carbons (Fsp3) is 0.556. The Bertz CT molecular complexity index is 566. The monoisotopic (exact) mass is 318 g/mol. The smallest absolute Gasteiger partial charge is 0.256 e. The molecule has 126 valence electrons. The van der Waals surface area contributed by atoms with Crippen molar-refractivity contribution in [2.75, 3.05) is 19.0 Å². The third kappa shape index (κ3) is 5.26. The van der Waals surface area contributed by atoms with Crippen LogP contribution in [0.3, 0.4) is 0 Å². The van der Waals surface area contributed by atoms with E-state index < -0.39 is 5.60 Å². The average Bonchev–Trinajstić information content (AvgIpc) is 2.55. The van der Waals surface area contributed by atoms with Crippen molar-refractivity contribution in [3.63, 3.8) is 0 Å². The number of methoxy groups -OCH3 is 1. The van der Waals surface area contributed by atoms with Gasteiger partial charge in [0.1, 0.15) is 17.4 Å². The summed E-state index contributed by atoms with van der Waals surface area (Å²) in [6, 6.07) is 7.05. The molecule has 0 saturated heterocycles. The normalized spacial score (nSPS) is 13.0. The highest BCUT2D eigenvalue weighted by Gasteiger charge is 2.33. The van der Waals surface area contributed by atoms with Gasteiger partial charge in [0.05, 0.1) is 12.7 Å². The summed E-state index contributed by atoms with van der Waals surface area (Å²) in [7, 11) is 1.51. The first-order chi connectivity index (χ1) is 11.0. The second-order valence-electron chi connectivity index (χ2n) is 5.60. The fourth-order valence-corrected chi connectivity index (χ4v) is 2.42. The van der Waals surface area contributed by atoms with Gasteiger partial charge in [-0.05, 0) is 38.5 Å². The summed E-state index contributed by atoms with van der Waals surface area (Å²) >= 11 is 0. The van der Waals surface area contributed by atoms with Crippen molar-refractivity contribution in [1.29, 1.82) is 5.26 Å². The van der Waals surface area contributed by atoms with E-state index in [9.17, 15) is 4.79 Å². The van der Waals surface area contributed by atoms with Crippen molar-refractivity contribution in [3.8, 4) is 11.8 Å². The summed E-state index contributed by atoms with van der Waals surface area (Å²) in [6.45, 7) is 6.30. The maximum Gasteiger partial charge on any atom is 0.256 e. The van der Waals surface area contributed by atoms with Gasteiger partial charge >= 0.3 is 0 Å². The molecule has 0 aliphatic rings. The van der Waals surface area contributed by atoms with E-state index in [4.69, 9.17) is 14.7 Å². The molecule has 1 aromatic rings. The van der Waals surface area contributed by atoms with Crippen molar-refractivity contribution < 1.29 is 14.3 Å². The van der Waals surface area contributed by atoms with Crippen LogP contribution in [-0.4, -0.2) is 25.2 Å². The summed E-state index contributed by atoms with van der Waals surface area (Å²) in [5.41, 5.74) is 0.0829. The summed E-state index contributed by atoms with van der Waals surface area (Å²) in [5, 5.41) is 12.0. The van der Waals surface area contributed by atoms with Crippen LogP contribution in [0.2, 0.25) is 0 Å². The minimum Gasteiger partial charge on any atom is -0.495 e. The Hall–Kier alpha value is -2.06. The Morgan fingerprint density at radius 2 is 2.09 bits per heavy atom. The largest absolute Gasteiger partial charge is 0.495 e. The first kappa shape index (κ1) is 19.0. The number of nitrogens with zero attached hydrogens (tertiary/aromatic N) is 1. The highest BCUT2D eigenvalue weighted by atomic mass is 16.5. The lowest BCUT2D eigenvalue weighted by atomic mass is 9.96. The molecule has 0 radical (unpaired) electrons. The van der Waals surface area contributed by atoms with Crippen LogP contribution in [0, 0.1) is 11.3 Å². The molecule has 1 atom stereocenters. The van der Waals surface area contributed by atoms with Crippen LogP contribution < -0.4 is 10.1 Å². The number of hydrogen-bond donors (Lipinski definition) is 1. The van der Waals surface area contributed by atoms with Gasteiger partial charge in [-0.2, -0.15) is 5.26 Å². The molecule has 0 heterocycles. The molecule has 5 heteroatoms. The first-order valence-electron chi connectivity index (χ1n) is 8.04. The van der Waals surface area contributed by atoms with E-state index >= 15 is 0 Å². The number of carbonyl (C=O) groups is 1. The van der Waals surface area contributed by atoms with Gasteiger partial charge in [-0.1, -0.05) is 26.2 Å². The van der Waals surface area contributed by atoms with Gasteiger partial charge in [-0.3, -0.25) is 4.79 Å². The van der Waals surface area contributed by atoms with E-state index in [-0.39, 0.29) is 5.91 Å². The number of nitrogens with one attached hydrogen (secondary N) is 1. The molecule has 1 N–H and O–H groups in total. The molecule has 0 bridgehead atoms. The third-order valence-electron chi connectivity index (χ3n) is 3.78. The van der Waals surface area contributed by atoms with Crippen LogP contribution in [0.4, 0.5) is 5.69 Å². The molecule has 1 unspecified atom stereocenters. The number of hydrogen-bond acceptors (Lipinski definition) is 4. The molecule has 0 aliphatic carbocycles. The van der Waals surface area contributed by atoms with Crippen LogP contribution in [0.15, 0.2) is 18.2 Å². The molecule has 1 rings (SSSR count). The lowest BCUT2D eigenvalue weighted by Gasteiger charge is -2.28. The molecule has 0 aliphatic heterocycles. The lowest BCUT2D eigenvalue weighted by Crippen LogP contribution is -2.42. The predicted molar refractivity (Wildman–Crippen MR) is 90.5 cm³/mol. The van der Waals surface area contributed by atoms with Gasteiger partial charge in [-0.15, -0.1) is 0 Å². The fourth-order valence-electron chi connectivity index (χ4n) is 2.42. The number of ether oxygens (including phenoxy) is 2. The van der Waals surface area contributed by atoms with Crippen molar-refractivity contribution in [3.05, 3.63) is 23.8 Å². The molecule has 5 nitrogen and oxygen atoms in total. The molecule has 0 spiro atoms.